The summed E-state index contributed by atoms with van der Waals surface area (Å²) in [6.07, 6.45) is 5.69. The van der Waals surface area contributed by atoms with Crippen LogP contribution in [0.15, 0.2) is 42.5 Å². The summed E-state index contributed by atoms with van der Waals surface area (Å²) in [6.45, 7) is 3.81. The Kier molecular flexibility index (Phi) is 11.3. The Labute approximate surface area is 262 Å². The van der Waals surface area contributed by atoms with Gasteiger partial charge in [0, 0.05) is 37.8 Å². The normalized spacial score (nSPS) is 16.6. The second-order valence-electron chi connectivity index (χ2n) is 11.4. The Bertz CT molecular complexity index is 1410. The quantitative estimate of drug-likeness (QED) is 0.306. The molecule has 13 heteroatoms. The molecule has 1 saturated heterocycles. The van der Waals surface area contributed by atoms with E-state index < -0.39 is 11.9 Å². The first kappa shape index (κ1) is 32.3. The van der Waals surface area contributed by atoms with Crippen LogP contribution in [0.5, 0.6) is 11.5 Å². The van der Waals surface area contributed by atoms with Crippen LogP contribution in [0, 0.1) is 5.82 Å². The Hall–Kier alpha value is -4.10. The molecular formula is C32H42FN7O5. The highest BCUT2D eigenvalue weighted by Gasteiger charge is 2.33. The van der Waals surface area contributed by atoms with Crippen molar-refractivity contribution >= 4 is 11.8 Å². The van der Waals surface area contributed by atoms with E-state index in [1.807, 2.05) is 0 Å². The molecule has 1 N–H and O–H groups in total. The number of hydrogen-bond donors (Lipinski definition) is 1. The highest BCUT2D eigenvalue weighted by Crippen LogP contribution is 2.31. The smallest absolute Gasteiger partial charge is 0.247 e. The van der Waals surface area contributed by atoms with Crippen molar-refractivity contribution in [2.75, 3.05) is 53.6 Å². The van der Waals surface area contributed by atoms with Crippen molar-refractivity contribution < 1.29 is 28.2 Å². The molecule has 0 bridgehead atoms. The Morgan fingerprint density at radius 3 is 2.49 bits per heavy atom. The summed E-state index contributed by atoms with van der Waals surface area (Å²) < 4.78 is 30.2. The summed E-state index contributed by atoms with van der Waals surface area (Å²) >= 11 is 0. The average Bonchev–Trinajstić information content (AvgIpc) is 3.54. The SMILES string of the molecule is COc1ccc(-c2nnn(CC(=O)N(CCCN3CCOCC3)C(C(=O)NC3CCCCC3)c3ccc(F)cc3)n2)cc1OC. The standard InChI is InChI=1S/C32H42FN7O5/c1-43-27-14-11-24(21-28(27)44-2)31-35-37-40(36-31)22-29(41)39(16-6-15-38-17-19-45-20-18-38)30(23-9-12-25(33)13-10-23)32(42)34-26-7-4-3-5-8-26/h9-14,21,26,30H,3-8,15-20,22H2,1-2H3,(H,34,42). The number of nitrogens with zero attached hydrogens (tertiary/aromatic N) is 6. The fourth-order valence-corrected chi connectivity index (χ4v) is 5.95. The zero-order chi connectivity index (χ0) is 31.6. The number of hydrogen-bond acceptors (Lipinski definition) is 9. The molecule has 12 nitrogen and oxygen atoms in total. The number of morpholine rings is 1. The largest absolute Gasteiger partial charge is 0.493 e. The van der Waals surface area contributed by atoms with Gasteiger partial charge in [-0.05, 0) is 60.4 Å². The monoisotopic (exact) mass is 623 g/mol. The van der Waals surface area contributed by atoms with E-state index in [-0.39, 0.29) is 24.4 Å². The van der Waals surface area contributed by atoms with Gasteiger partial charge in [0.1, 0.15) is 18.4 Å². The van der Waals surface area contributed by atoms with Gasteiger partial charge in [-0.2, -0.15) is 4.80 Å². The van der Waals surface area contributed by atoms with Gasteiger partial charge in [-0.25, -0.2) is 4.39 Å². The molecule has 0 spiro atoms. The molecule has 2 aromatic carbocycles. The summed E-state index contributed by atoms with van der Waals surface area (Å²) in [5.74, 6) is 0.361. The lowest BCUT2D eigenvalue weighted by molar-refractivity contribution is -0.142. The number of nitrogens with one attached hydrogen (secondary N) is 1. The van der Waals surface area contributed by atoms with E-state index in [1.54, 1.807) is 49.5 Å². The van der Waals surface area contributed by atoms with Crippen LogP contribution in [0.4, 0.5) is 4.39 Å². The molecule has 2 fully saturated rings. The van der Waals surface area contributed by atoms with Crippen molar-refractivity contribution in [3.63, 3.8) is 0 Å². The zero-order valence-electron chi connectivity index (χ0n) is 26.0. The Balaban J connectivity index is 1.39. The van der Waals surface area contributed by atoms with Gasteiger partial charge >= 0.3 is 0 Å². The number of methoxy groups -OCH3 is 2. The third-order valence-corrected chi connectivity index (χ3v) is 8.37. The van der Waals surface area contributed by atoms with Crippen molar-refractivity contribution in [3.05, 3.63) is 53.8 Å². The van der Waals surface area contributed by atoms with E-state index in [9.17, 15) is 14.0 Å². The van der Waals surface area contributed by atoms with Crippen molar-refractivity contribution in [2.45, 2.75) is 57.2 Å². The Morgan fingerprint density at radius 2 is 1.78 bits per heavy atom. The molecule has 3 aromatic rings. The lowest BCUT2D eigenvalue weighted by Gasteiger charge is -2.34. The number of carbonyl (C=O) groups is 2. The van der Waals surface area contributed by atoms with Crippen molar-refractivity contribution in [2.24, 2.45) is 0 Å². The van der Waals surface area contributed by atoms with Gasteiger partial charge < -0.3 is 24.4 Å². The van der Waals surface area contributed by atoms with Gasteiger partial charge in [-0.3, -0.25) is 14.5 Å². The van der Waals surface area contributed by atoms with Crippen LogP contribution < -0.4 is 14.8 Å². The molecule has 2 aliphatic rings. The van der Waals surface area contributed by atoms with Crippen molar-refractivity contribution in [1.82, 2.24) is 35.3 Å². The highest BCUT2D eigenvalue weighted by molar-refractivity contribution is 5.89. The predicted molar refractivity (Wildman–Crippen MR) is 164 cm³/mol. The number of ether oxygens (including phenoxy) is 3. The van der Waals surface area contributed by atoms with Crippen molar-refractivity contribution in [3.8, 4) is 22.9 Å². The molecule has 2 heterocycles. The van der Waals surface area contributed by atoms with Crippen LogP contribution in [-0.2, 0) is 20.9 Å². The molecule has 1 aliphatic heterocycles. The van der Waals surface area contributed by atoms with Gasteiger partial charge in [-0.15, -0.1) is 10.2 Å². The summed E-state index contributed by atoms with van der Waals surface area (Å²) in [5.41, 5.74) is 1.19. The van der Waals surface area contributed by atoms with E-state index in [0.29, 0.717) is 54.6 Å². The highest BCUT2D eigenvalue weighted by atomic mass is 19.1. The molecule has 2 amide bonds. The second-order valence-corrected chi connectivity index (χ2v) is 11.4. The van der Waals surface area contributed by atoms with Crippen LogP contribution in [0.2, 0.25) is 0 Å². The third kappa shape index (κ3) is 8.54. The summed E-state index contributed by atoms with van der Waals surface area (Å²) in [4.78, 5) is 33.1. The predicted octanol–water partition coefficient (Wildman–Crippen LogP) is 3.24. The maximum Gasteiger partial charge on any atom is 0.247 e. The second kappa shape index (κ2) is 15.8. The number of amides is 2. The number of aromatic nitrogens is 4. The van der Waals surface area contributed by atoms with Gasteiger partial charge in [0.05, 0.1) is 27.4 Å². The van der Waals surface area contributed by atoms with Gasteiger partial charge in [-0.1, -0.05) is 31.4 Å². The van der Waals surface area contributed by atoms with E-state index in [2.05, 4.69) is 25.6 Å². The minimum absolute atomic E-state index is 0.0422. The first-order valence-corrected chi connectivity index (χ1v) is 15.6. The van der Waals surface area contributed by atoms with Gasteiger partial charge in [0.15, 0.2) is 11.5 Å². The minimum Gasteiger partial charge on any atom is -0.493 e. The van der Waals surface area contributed by atoms with Crippen LogP contribution >= 0.6 is 0 Å². The van der Waals surface area contributed by atoms with Gasteiger partial charge in [0.2, 0.25) is 17.6 Å². The molecule has 242 valence electrons. The molecule has 1 unspecified atom stereocenters. The zero-order valence-corrected chi connectivity index (χ0v) is 26.0. The fourth-order valence-electron chi connectivity index (χ4n) is 5.95. The van der Waals surface area contributed by atoms with E-state index in [0.717, 1.165) is 51.7 Å². The molecule has 1 aliphatic carbocycles. The average molecular weight is 624 g/mol. The number of halogens is 1. The number of carbonyl (C=O) groups excluding carboxylic acids is 2. The van der Waals surface area contributed by atoms with Crippen LogP contribution in [0.1, 0.15) is 50.1 Å². The molecule has 1 atom stereocenters. The van der Waals surface area contributed by atoms with E-state index in [4.69, 9.17) is 14.2 Å². The molecule has 5 rings (SSSR count). The lowest BCUT2D eigenvalue weighted by atomic mass is 9.94. The van der Waals surface area contributed by atoms with E-state index in [1.165, 1.54) is 16.9 Å². The Morgan fingerprint density at radius 1 is 1.04 bits per heavy atom. The maximum absolute atomic E-state index is 14.1. The lowest BCUT2D eigenvalue weighted by Crippen LogP contribution is -2.48. The molecule has 45 heavy (non-hydrogen) atoms. The molecule has 1 saturated carbocycles. The first-order valence-electron chi connectivity index (χ1n) is 15.6. The van der Waals surface area contributed by atoms with Crippen LogP contribution in [-0.4, -0.2) is 101 Å². The fraction of sp³-hybridized carbons (Fsp3) is 0.531. The molecule has 1 aromatic heterocycles. The van der Waals surface area contributed by atoms with Crippen molar-refractivity contribution in [1.29, 1.82) is 0 Å². The minimum atomic E-state index is -0.946. The van der Waals surface area contributed by atoms with Crippen LogP contribution in [0.25, 0.3) is 11.4 Å². The third-order valence-electron chi connectivity index (χ3n) is 8.37. The summed E-state index contributed by atoms with van der Waals surface area (Å²) in [7, 11) is 3.10. The first-order chi connectivity index (χ1) is 21.9. The summed E-state index contributed by atoms with van der Waals surface area (Å²) in [5, 5.41) is 15.9. The van der Waals surface area contributed by atoms with Gasteiger partial charge in [0.25, 0.3) is 0 Å². The molecule has 0 radical (unpaired) electrons. The van der Waals surface area contributed by atoms with E-state index >= 15 is 0 Å². The summed E-state index contributed by atoms with van der Waals surface area (Å²) in [6, 6.07) is 10.1. The topological polar surface area (TPSA) is 124 Å². The number of rotatable bonds is 13. The van der Waals surface area contributed by atoms with Crippen LogP contribution in [0.3, 0.4) is 0 Å². The molecular weight excluding hydrogens is 581 g/mol. The maximum atomic E-state index is 14.1. The number of benzene rings is 2. The number of tetrazole rings is 1.